The molecule has 0 saturated heterocycles. The van der Waals surface area contributed by atoms with E-state index in [4.69, 9.17) is 0 Å². The lowest BCUT2D eigenvalue weighted by molar-refractivity contribution is 0.847. The van der Waals surface area contributed by atoms with Gasteiger partial charge < -0.3 is 0 Å². The van der Waals surface area contributed by atoms with Gasteiger partial charge in [0.1, 0.15) is 9.53 Å². The zero-order chi connectivity index (χ0) is 12.7. The topological polar surface area (TPSA) is 43.6 Å². The summed E-state index contributed by atoms with van der Waals surface area (Å²) in [6.45, 7) is 3.97. The predicted octanol–water partition coefficient (Wildman–Crippen LogP) is 3.04. The largest absolute Gasteiger partial charge is 0.227 e. The van der Waals surface area contributed by atoms with Gasteiger partial charge in [-0.05, 0) is 48.6 Å². The van der Waals surface area contributed by atoms with E-state index in [1.807, 2.05) is 23.9 Å². The van der Waals surface area contributed by atoms with Gasteiger partial charge in [0.05, 0.1) is 11.7 Å². The molecular formula is C13H11IN4. The van der Waals surface area contributed by atoms with Crippen LogP contribution < -0.4 is 0 Å². The van der Waals surface area contributed by atoms with Crippen LogP contribution in [0.3, 0.4) is 0 Å². The van der Waals surface area contributed by atoms with Crippen molar-refractivity contribution in [2.75, 3.05) is 0 Å². The molecule has 0 N–H and O–H groups in total. The maximum atomic E-state index is 4.43. The Hall–Kier alpha value is -1.50. The molecule has 1 aromatic carbocycles. The Morgan fingerprint density at radius 1 is 1.11 bits per heavy atom. The fraction of sp³-hybridized carbons (Fsp3) is 0.154. The van der Waals surface area contributed by atoms with E-state index in [-0.39, 0.29) is 0 Å². The second-order valence-corrected chi connectivity index (χ2v) is 5.32. The number of hydrogen-bond acceptors (Lipinski definition) is 3. The standard InChI is InChI=1S/C13H11IN4/c1-8-3-4-11-10(5-8)7-15-18(11)13-6-12(14)16-9(2)17-13/h3-7H,1-2H3. The number of aromatic nitrogens is 4. The molecule has 5 heteroatoms. The highest BCUT2D eigenvalue weighted by Crippen LogP contribution is 2.19. The van der Waals surface area contributed by atoms with Crippen LogP contribution in [0.1, 0.15) is 11.4 Å². The smallest absolute Gasteiger partial charge is 0.158 e. The zero-order valence-electron chi connectivity index (χ0n) is 10.1. The molecule has 0 aliphatic carbocycles. The minimum atomic E-state index is 0.757. The summed E-state index contributed by atoms with van der Waals surface area (Å²) in [5, 5.41) is 5.54. The number of benzene rings is 1. The number of aryl methyl sites for hydroxylation is 2. The summed E-state index contributed by atoms with van der Waals surface area (Å²) in [7, 11) is 0. The summed E-state index contributed by atoms with van der Waals surface area (Å²) in [6, 6.07) is 8.21. The van der Waals surface area contributed by atoms with Gasteiger partial charge in [-0.2, -0.15) is 5.10 Å². The molecule has 0 saturated carbocycles. The third-order valence-corrected chi connectivity index (χ3v) is 3.29. The fourth-order valence-electron chi connectivity index (χ4n) is 1.96. The molecule has 0 unspecified atom stereocenters. The fourth-order valence-corrected chi connectivity index (χ4v) is 2.59. The van der Waals surface area contributed by atoms with Gasteiger partial charge in [-0.25, -0.2) is 14.6 Å². The Labute approximate surface area is 118 Å². The van der Waals surface area contributed by atoms with E-state index < -0.39 is 0 Å². The summed E-state index contributed by atoms with van der Waals surface area (Å²) in [5.74, 6) is 1.57. The lowest BCUT2D eigenvalue weighted by Crippen LogP contribution is -2.03. The minimum absolute atomic E-state index is 0.757. The molecule has 0 amide bonds. The van der Waals surface area contributed by atoms with Gasteiger partial charge in [0.15, 0.2) is 5.82 Å². The van der Waals surface area contributed by atoms with Crippen molar-refractivity contribution in [3.05, 3.63) is 45.6 Å². The van der Waals surface area contributed by atoms with Crippen LogP contribution in [0.5, 0.6) is 0 Å². The van der Waals surface area contributed by atoms with Crippen LogP contribution in [0.15, 0.2) is 30.5 Å². The van der Waals surface area contributed by atoms with E-state index in [2.05, 4.69) is 62.8 Å². The van der Waals surface area contributed by atoms with E-state index in [0.29, 0.717) is 0 Å². The van der Waals surface area contributed by atoms with E-state index in [9.17, 15) is 0 Å². The van der Waals surface area contributed by atoms with Gasteiger partial charge in [0.2, 0.25) is 0 Å². The first-order valence-electron chi connectivity index (χ1n) is 5.59. The maximum Gasteiger partial charge on any atom is 0.158 e. The minimum Gasteiger partial charge on any atom is -0.227 e. The van der Waals surface area contributed by atoms with Crippen LogP contribution in [0.4, 0.5) is 0 Å². The predicted molar refractivity (Wildman–Crippen MR) is 78.9 cm³/mol. The Balaban J connectivity index is 2.25. The maximum absolute atomic E-state index is 4.43. The van der Waals surface area contributed by atoms with Crippen LogP contribution in [-0.2, 0) is 0 Å². The van der Waals surface area contributed by atoms with E-state index in [0.717, 1.165) is 26.2 Å². The number of halogens is 1. The van der Waals surface area contributed by atoms with E-state index in [1.165, 1.54) is 5.56 Å². The van der Waals surface area contributed by atoms with Gasteiger partial charge in [-0.15, -0.1) is 0 Å². The lowest BCUT2D eigenvalue weighted by Gasteiger charge is -2.04. The summed E-state index contributed by atoms with van der Waals surface area (Å²) >= 11 is 2.19. The third-order valence-electron chi connectivity index (χ3n) is 2.73. The van der Waals surface area contributed by atoms with Gasteiger partial charge in [0, 0.05) is 11.5 Å². The average molecular weight is 350 g/mol. The zero-order valence-corrected chi connectivity index (χ0v) is 12.2. The second kappa shape index (κ2) is 4.31. The first-order chi connectivity index (χ1) is 8.63. The Morgan fingerprint density at radius 2 is 1.94 bits per heavy atom. The average Bonchev–Trinajstić information content (AvgIpc) is 2.70. The molecule has 18 heavy (non-hydrogen) atoms. The van der Waals surface area contributed by atoms with Gasteiger partial charge in [-0.3, -0.25) is 0 Å². The van der Waals surface area contributed by atoms with Crippen molar-refractivity contribution in [3.63, 3.8) is 0 Å². The van der Waals surface area contributed by atoms with E-state index >= 15 is 0 Å². The highest BCUT2D eigenvalue weighted by molar-refractivity contribution is 14.1. The summed E-state index contributed by atoms with van der Waals surface area (Å²) in [6.07, 6.45) is 1.87. The van der Waals surface area contributed by atoms with Crippen LogP contribution in [0.25, 0.3) is 16.7 Å². The molecule has 2 aromatic heterocycles. The Morgan fingerprint density at radius 3 is 2.72 bits per heavy atom. The van der Waals surface area contributed by atoms with Crippen LogP contribution in [0, 0.1) is 17.5 Å². The van der Waals surface area contributed by atoms with Crippen molar-refractivity contribution < 1.29 is 0 Å². The molecule has 3 rings (SSSR count). The molecule has 0 radical (unpaired) electrons. The highest BCUT2D eigenvalue weighted by atomic mass is 127. The molecular weight excluding hydrogens is 339 g/mol. The molecule has 3 aromatic rings. The van der Waals surface area contributed by atoms with E-state index in [1.54, 1.807) is 0 Å². The number of fused-ring (bicyclic) bond motifs is 1. The summed E-state index contributed by atoms with van der Waals surface area (Å²) < 4.78 is 2.77. The normalized spacial score (nSPS) is 11.1. The summed E-state index contributed by atoms with van der Waals surface area (Å²) in [4.78, 5) is 8.71. The third kappa shape index (κ3) is 1.98. The number of nitrogens with zero attached hydrogens (tertiary/aromatic N) is 4. The van der Waals surface area contributed by atoms with Crippen LogP contribution >= 0.6 is 22.6 Å². The second-order valence-electron chi connectivity index (χ2n) is 4.21. The molecule has 0 atom stereocenters. The quantitative estimate of drug-likeness (QED) is 0.501. The molecule has 0 fully saturated rings. The number of rotatable bonds is 1. The Bertz CT molecular complexity index is 713. The first kappa shape index (κ1) is 11.6. The van der Waals surface area contributed by atoms with Crippen molar-refractivity contribution in [3.8, 4) is 5.82 Å². The molecule has 2 heterocycles. The van der Waals surface area contributed by atoms with Crippen molar-refractivity contribution in [1.29, 1.82) is 0 Å². The lowest BCUT2D eigenvalue weighted by atomic mass is 10.2. The number of hydrogen-bond donors (Lipinski definition) is 0. The van der Waals surface area contributed by atoms with Gasteiger partial charge in [-0.1, -0.05) is 11.6 Å². The van der Waals surface area contributed by atoms with Crippen molar-refractivity contribution in [2.24, 2.45) is 0 Å². The monoisotopic (exact) mass is 350 g/mol. The molecule has 0 spiro atoms. The van der Waals surface area contributed by atoms with Crippen LogP contribution in [0.2, 0.25) is 0 Å². The SMILES string of the molecule is Cc1ccc2c(cnn2-c2cc(I)nc(C)n2)c1. The van der Waals surface area contributed by atoms with Crippen molar-refractivity contribution >= 4 is 33.5 Å². The molecule has 4 nitrogen and oxygen atoms in total. The van der Waals surface area contributed by atoms with Crippen LogP contribution in [-0.4, -0.2) is 19.7 Å². The van der Waals surface area contributed by atoms with Gasteiger partial charge >= 0.3 is 0 Å². The van der Waals surface area contributed by atoms with Crippen molar-refractivity contribution in [1.82, 2.24) is 19.7 Å². The molecule has 90 valence electrons. The van der Waals surface area contributed by atoms with Crippen molar-refractivity contribution in [2.45, 2.75) is 13.8 Å². The van der Waals surface area contributed by atoms with Gasteiger partial charge in [0.25, 0.3) is 0 Å². The molecule has 0 bridgehead atoms. The molecule has 0 aliphatic heterocycles. The first-order valence-corrected chi connectivity index (χ1v) is 6.67. The highest BCUT2D eigenvalue weighted by Gasteiger charge is 2.07. The summed E-state index contributed by atoms with van der Waals surface area (Å²) in [5.41, 5.74) is 2.30. The Kier molecular flexibility index (Phi) is 2.77. The molecule has 0 aliphatic rings.